The van der Waals surface area contributed by atoms with E-state index in [2.05, 4.69) is 19.2 Å². The third kappa shape index (κ3) is 4.27. The largest absolute Gasteiger partial charge is 0.481 e. The Morgan fingerprint density at radius 3 is 2.50 bits per heavy atom. The van der Waals surface area contributed by atoms with Gasteiger partial charge in [-0.25, -0.2) is 9.78 Å². The fraction of sp³-hybridized carbons (Fsp3) is 0.742. The van der Waals surface area contributed by atoms with Gasteiger partial charge in [0.1, 0.15) is 5.75 Å². The van der Waals surface area contributed by atoms with E-state index in [1.165, 1.54) is 0 Å². The maximum atomic E-state index is 12.6. The van der Waals surface area contributed by atoms with Crippen LogP contribution in [0, 0.1) is 35.0 Å². The Morgan fingerprint density at radius 2 is 1.77 bits per heavy atom. The highest BCUT2D eigenvalue weighted by Gasteiger charge is 2.69. The molecule has 3 saturated carbocycles. The lowest BCUT2D eigenvalue weighted by Crippen LogP contribution is -2.70. The molecule has 40 heavy (non-hydrogen) atoms. The molecule has 1 aromatic carbocycles. The number of nitrogens with one attached hydrogen (secondary N) is 1. The number of fused-ring (bicyclic) bond motifs is 2. The minimum absolute atomic E-state index is 0.00507. The summed E-state index contributed by atoms with van der Waals surface area (Å²) in [6.45, 7) is 6.40. The monoisotopic (exact) mass is 555 g/mol. The lowest BCUT2D eigenvalue weighted by atomic mass is 9.50. The predicted octanol–water partition coefficient (Wildman–Crippen LogP) is 4.58. The number of hydrogen-bond acceptors (Lipinski definition) is 7. The zero-order valence-electron chi connectivity index (χ0n) is 23.6. The lowest BCUT2D eigenvalue weighted by Gasteiger charge is -2.60. The van der Waals surface area contributed by atoms with E-state index in [4.69, 9.17) is 29.1 Å². The standard InChI is InChI=1S/C31H41NO8/c1-17-4-9-24-18(2)27(37-28-31(24)23(17)10-11-29(3,38-28)39-40-31)36-22-7-5-19(6-8-22)12-25(33)32-21-15-30(16-21)13-20(14-30)26(34)35/h5-8,17-18,20-21,23-24,27-28H,4,9-16H2,1-3H3,(H,32,33)(H,34,35)/t17-,18-,20?,21?,23+,24+,27+,28-,29-,30?,31-/m1/s1. The summed E-state index contributed by atoms with van der Waals surface area (Å²) in [5.74, 6) is 0.0789. The second-order valence-corrected chi connectivity index (χ2v) is 13.8. The smallest absolute Gasteiger partial charge is 0.306 e. The summed E-state index contributed by atoms with van der Waals surface area (Å²) in [5, 5.41) is 12.2. The van der Waals surface area contributed by atoms with Gasteiger partial charge in [0.15, 0.2) is 11.9 Å². The molecule has 3 aliphatic carbocycles. The first-order valence-electron chi connectivity index (χ1n) is 15.1. The van der Waals surface area contributed by atoms with Crippen molar-refractivity contribution in [3.63, 3.8) is 0 Å². The molecule has 8 atom stereocenters. The highest BCUT2D eigenvalue weighted by atomic mass is 17.3. The maximum Gasteiger partial charge on any atom is 0.306 e. The summed E-state index contributed by atoms with van der Waals surface area (Å²) >= 11 is 0. The minimum atomic E-state index is -0.816. The number of carbonyl (C=O) groups excluding carboxylic acids is 1. The van der Waals surface area contributed by atoms with E-state index in [0.717, 1.165) is 56.9 Å². The van der Waals surface area contributed by atoms with Gasteiger partial charge in [-0.15, -0.1) is 0 Å². The number of carboxylic acid groups (broad SMARTS) is 1. The molecule has 4 saturated heterocycles. The van der Waals surface area contributed by atoms with E-state index in [9.17, 15) is 9.59 Å². The molecular weight excluding hydrogens is 514 g/mol. The molecule has 0 aromatic heterocycles. The average molecular weight is 556 g/mol. The van der Waals surface area contributed by atoms with Crippen molar-refractivity contribution in [2.45, 2.75) is 109 Å². The Hall–Kier alpha value is -2.20. The van der Waals surface area contributed by atoms with Crippen LogP contribution in [0.3, 0.4) is 0 Å². The Morgan fingerprint density at radius 1 is 1.02 bits per heavy atom. The van der Waals surface area contributed by atoms with Gasteiger partial charge in [0.05, 0.1) is 12.3 Å². The summed E-state index contributed by atoms with van der Waals surface area (Å²) in [6, 6.07) is 7.80. The van der Waals surface area contributed by atoms with Gasteiger partial charge in [-0.05, 0) is 86.8 Å². The van der Waals surface area contributed by atoms with E-state index >= 15 is 0 Å². The molecule has 2 spiro atoms. The van der Waals surface area contributed by atoms with Gasteiger partial charge < -0.3 is 24.6 Å². The quantitative estimate of drug-likeness (QED) is 0.491. The van der Waals surface area contributed by atoms with E-state index in [0.29, 0.717) is 24.0 Å². The molecular formula is C31H41NO8. The zero-order chi connectivity index (χ0) is 27.9. The van der Waals surface area contributed by atoms with Crippen molar-refractivity contribution < 1.29 is 38.7 Å². The highest BCUT2D eigenvalue weighted by molar-refractivity contribution is 5.79. The molecule has 0 radical (unpaired) electrons. The van der Waals surface area contributed by atoms with Crippen LogP contribution < -0.4 is 10.1 Å². The third-order valence-corrected chi connectivity index (χ3v) is 11.1. The SMILES string of the molecule is C[C@H]1[C@@H](Oc2ccc(CC(=O)NC3CC4(C3)CC(C(=O)O)C4)cc2)O[C@@H]2O[C@@]3(C)CC[C@H]4[C@H](C)CC[C@@H]1[C@@]24OO3. The van der Waals surface area contributed by atoms with Crippen LogP contribution in [-0.4, -0.2) is 47.0 Å². The fourth-order valence-electron chi connectivity index (χ4n) is 8.87. The second kappa shape index (κ2) is 9.41. The number of hydrogen-bond donors (Lipinski definition) is 2. The van der Waals surface area contributed by atoms with Crippen molar-refractivity contribution in [3.05, 3.63) is 29.8 Å². The van der Waals surface area contributed by atoms with Crippen molar-refractivity contribution in [2.75, 3.05) is 0 Å². The van der Waals surface area contributed by atoms with E-state index in [-0.39, 0.29) is 35.1 Å². The normalized spacial score (nSPS) is 46.9. The van der Waals surface area contributed by atoms with Crippen LogP contribution in [0.25, 0.3) is 0 Å². The van der Waals surface area contributed by atoms with Crippen LogP contribution in [0.4, 0.5) is 0 Å². The molecule has 9 heteroatoms. The second-order valence-electron chi connectivity index (χ2n) is 13.8. The summed E-state index contributed by atoms with van der Waals surface area (Å²) in [6.07, 6.45) is 6.46. The number of rotatable bonds is 6. The maximum absolute atomic E-state index is 12.6. The first-order valence-corrected chi connectivity index (χ1v) is 15.1. The van der Waals surface area contributed by atoms with Crippen molar-refractivity contribution in [3.8, 4) is 5.75 Å². The van der Waals surface area contributed by atoms with Gasteiger partial charge in [-0.1, -0.05) is 26.0 Å². The Labute approximate surface area is 235 Å². The van der Waals surface area contributed by atoms with Crippen LogP contribution in [-0.2, 0) is 35.3 Å². The van der Waals surface area contributed by atoms with Gasteiger partial charge in [-0.2, -0.15) is 0 Å². The first-order chi connectivity index (χ1) is 19.1. The molecule has 1 amide bonds. The fourth-order valence-corrected chi connectivity index (χ4v) is 8.87. The number of amides is 1. The van der Waals surface area contributed by atoms with Crippen molar-refractivity contribution in [1.82, 2.24) is 5.32 Å². The molecule has 7 fully saturated rings. The number of benzene rings is 1. The Bertz CT molecular complexity index is 1160. The van der Waals surface area contributed by atoms with Crippen molar-refractivity contribution in [2.24, 2.45) is 35.0 Å². The summed E-state index contributed by atoms with van der Waals surface area (Å²) in [4.78, 5) is 35.8. The summed E-state index contributed by atoms with van der Waals surface area (Å²) in [7, 11) is 0. The summed E-state index contributed by atoms with van der Waals surface area (Å²) in [5.41, 5.74) is 0.449. The third-order valence-electron chi connectivity index (χ3n) is 11.1. The lowest BCUT2D eigenvalue weighted by molar-refractivity contribution is -0.575. The number of carbonyl (C=O) groups is 2. The Kier molecular flexibility index (Phi) is 6.28. The van der Waals surface area contributed by atoms with Crippen molar-refractivity contribution in [1.29, 1.82) is 0 Å². The van der Waals surface area contributed by atoms with Gasteiger partial charge in [0.2, 0.25) is 18.0 Å². The predicted molar refractivity (Wildman–Crippen MR) is 142 cm³/mol. The van der Waals surface area contributed by atoms with Crippen LogP contribution in [0.5, 0.6) is 5.75 Å². The van der Waals surface area contributed by atoms with Crippen LogP contribution in [0.1, 0.15) is 77.7 Å². The molecule has 218 valence electrons. The minimum Gasteiger partial charge on any atom is -0.481 e. The Balaban J connectivity index is 0.959. The number of carboxylic acids is 1. The molecule has 7 aliphatic rings. The van der Waals surface area contributed by atoms with Gasteiger partial charge in [0, 0.05) is 24.3 Å². The van der Waals surface area contributed by atoms with Gasteiger partial charge in [0.25, 0.3) is 0 Å². The molecule has 1 aromatic rings. The topological polar surface area (TPSA) is 113 Å². The molecule has 4 aliphatic heterocycles. The molecule has 2 N–H and O–H groups in total. The molecule has 2 bridgehead atoms. The van der Waals surface area contributed by atoms with Crippen LogP contribution >= 0.6 is 0 Å². The number of aliphatic carboxylic acids is 1. The van der Waals surface area contributed by atoms with Crippen LogP contribution in [0.15, 0.2) is 24.3 Å². The van der Waals surface area contributed by atoms with E-state index in [1.54, 1.807) is 0 Å². The van der Waals surface area contributed by atoms with Gasteiger partial charge in [-0.3, -0.25) is 9.59 Å². The molecule has 4 heterocycles. The van der Waals surface area contributed by atoms with Crippen molar-refractivity contribution >= 4 is 11.9 Å². The first kappa shape index (κ1) is 26.7. The molecule has 0 unspecified atom stereocenters. The van der Waals surface area contributed by atoms with E-state index < -0.39 is 29.9 Å². The van der Waals surface area contributed by atoms with E-state index in [1.807, 2.05) is 31.2 Å². The zero-order valence-corrected chi connectivity index (χ0v) is 23.6. The van der Waals surface area contributed by atoms with Gasteiger partial charge >= 0.3 is 5.97 Å². The molecule has 9 nitrogen and oxygen atoms in total. The molecule has 8 rings (SSSR count). The highest BCUT2D eigenvalue weighted by Crippen LogP contribution is 2.61. The van der Waals surface area contributed by atoms with Crippen LogP contribution in [0.2, 0.25) is 0 Å². The summed E-state index contributed by atoms with van der Waals surface area (Å²) < 4.78 is 19.3. The average Bonchev–Trinajstić information content (AvgIpc) is 3.09. The number of ether oxygens (including phenoxy) is 3.